The minimum atomic E-state index is -0.363. The van der Waals surface area contributed by atoms with E-state index in [0.717, 1.165) is 16.5 Å². The van der Waals surface area contributed by atoms with Crippen LogP contribution in [0.25, 0.3) is 10.9 Å². The summed E-state index contributed by atoms with van der Waals surface area (Å²) in [6.45, 7) is 0. The minimum absolute atomic E-state index is 0.000146. The van der Waals surface area contributed by atoms with E-state index in [1.165, 1.54) is 12.1 Å². The number of fused-ring (bicyclic) bond motifs is 1. The van der Waals surface area contributed by atoms with E-state index < -0.39 is 0 Å². The van der Waals surface area contributed by atoms with Gasteiger partial charge in [-0.3, -0.25) is 20.4 Å². The Morgan fingerprint density at radius 3 is 2.73 bits per heavy atom. The Hall–Kier alpha value is -3.15. The van der Waals surface area contributed by atoms with E-state index in [0.29, 0.717) is 12.0 Å². The molecule has 0 radical (unpaired) electrons. The molecule has 1 fully saturated rings. The molecule has 1 aliphatic rings. The Balaban J connectivity index is 1.40. The number of benzene rings is 2. The van der Waals surface area contributed by atoms with Gasteiger partial charge in [0.05, 0.1) is 5.56 Å². The fourth-order valence-electron chi connectivity index (χ4n) is 3.39. The molecule has 2 atom stereocenters. The quantitative estimate of drug-likeness (QED) is 0.713. The molecule has 1 heterocycles. The molecule has 0 aliphatic heterocycles. The molecule has 2 N–H and O–H groups in total. The molecule has 6 heteroatoms. The summed E-state index contributed by atoms with van der Waals surface area (Å²) in [7, 11) is 1.87. The van der Waals surface area contributed by atoms with Crippen LogP contribution in [0.3, 0.4) is 0 Å². The molecule has 2 amide bonds. The van der Waals surface area contributed by atoms with Gasteiger partial charge in [0.2, 0.25) is 5.91 Å². The smallest absolute Gasteiger partial charge is 0.271 e. The van der Waals surface area contributed by atoms with Crippen molar-refractivity contribution in [1.29, 1.82) is 0 Å². The average Bonchev–Trinajstić information content (AvgIpc) is 3.38. The fraction of sp³-hybridized carbons (Fsp3) is 0.200. The molecule has 0 bridgehead atoms. The van der Waals surface area contributed by atoms with Gasteiger partial charge in [-0.15, -0.1) is 0 Å². The van der Waals surface area contributed by atoms with Crippen molar-refractivity contribution in [3.8, 4) is 0 Å². The highest BCUT2D eigenvalue weighted by atomic mass is 19.1. The van der Waals surface area contributed by atoms with Crippen LogP contribution in [-0.2, 0) is 11.8 Å². The lowest BCUT2D eigenvalue weighted by Crippen LogP contribution is -2.42. The monoisotopic (exact) mass is 351 g/mol. The standard InChI is InChI=1S/C20H18FN3O2/c1-24-11-17(14-7-2-3-8-18(14)24)20(26)23-22-19(25)16-10-15(16)12-5-4-6-13(21)9-12/h2-9,11,15-16H,10H2,1H3,(H,22,25)(H,23,26)/t15-,16+/m1/s1. The number of nitrogens with one attached hydrogen (secondary N) is 2. The van der Waals surface area contributed by atoms with Crippen molar-refractivity contribution in [3.05, 3.63) is 71.7 Å². The summed E-state index contributed by atoms with van der Waals surface area (Å²) < 4.78 is 15.2. The van der Waals surface area contributed by atoms with E-state index in [1.807, 2.05) is 41.9 Å². The summed E-state index contributed by atoms with van der Waals surface area (Å²) in [6, 6.07) is 13.9. The number of amides is 2. The molecule has 3 aromatic rings. The van der Waals surface area contributed by atoms with Gasteiger partial charge in [-0.1, -0.05) is 30.3 Å². The van der Waals surface area contributed by atoms with Gasteiger partial charge in [0.25, 0.3) is 5.91 Å². The maximum atomic E-state index is 13.3. The molecule has 4 rings (SSSR count). The van der Waals surface area contributed by atoms with Crippen LogP contribution in [0, 0.1) is 11.7 Å². The number of para-hydroxylation sites is 1. The van der Waals surface area contributed by atoms with E-state index in [2.05, 4.69) is 10.9 Å². The molecule has 1 aromatic heterocycles. The average molecular weight is 351 g/mol. The molecule has 132 valence electrons. The highest BCUT2D eigenvalue weighted by molar-refractivity contribution is 6.07. The number of nitrogens with zero attached hydrogens (tertiary/aromatic N) is 1. The Kier molecular flexibility index (Phi) is 3.95. The van der Waals surface area contributed by atoms with Crippen molar-refractivity contribution in [2.45, 2.75) is 12.3 Å². The maximum Gasteiger partial charge on any atom is 0.271 e. The molecule has 0 spiro atoms. The lowest BCUT2D eigenvalue weighted by Gasteiger charge is -2.07. The first kappa shape index (κ1) is 16.3. The van der Waals surface area contributed by atoms with Crippen LogP contribution in [0.15, 0.2) is 54.7 Å². The van der Waals surface area contributed by atoms with Gasteiger partial charge >= 0.3 is 0 Å². The predicted octanol–water partition coefficient (Wildman–Crippen LogP) is 2.88. The lowest BCUT2D eigenvalue weighted by atomic mass is 10.1. The van der Waals surface area contributed by atoms with Crippen molar-refractivity contribution in [2.75, 3.05) is 0 Å². The first-order valence-electron chi connectivity index (χ1n) is 8.44. The summed E-state index contributed by atoms with van der Waals surface area (Å²) in [5.74, 6) is -1.17. The van der Waals surface area contributed by atoms with Gasteiger partial charge in [-0.2, -0.15) is 0 Å². The van der Waals surface area contributed by atoms with Gasteiger partial charge in [0.15, 0.2) is 0 Å². The lowest BCUT2D eigenvalue weighted by molar-refractivity contribution is -0.123. The zero-order valence-electron chi connectivity index (χ0n) is 14.2. The summed E-state index contributed by atoms with van der Waals surface area (Å²) in [5, 5.41) is 0.825. The number of carbonyl (C=O) groups is 2. The zero-order chi connectivity index (χ0) is 18.3. The normalized spacial score (nSPS) is 18.5. The van der Waals surface area contributed by atoms with Crippen LogP contribution in [0.5, 0.6) is 0 Å². The first-order chi connectivity index (χ1) is 12.5. The van der Waals surface area contributed by atoms with E-state index >= 15 is 0 Å². The van der Waals surface area contributed by atoms with Crippen LogP contribution in [0.1, 0.15) is 28.3 Å². The molecule has 26 heavy (non-hydrogen) atoms. The molecule has 5 nitrogen and oxygen atoms in total. The third-order valence-electron chi connectivity index (χ3n) is 4.84. The van der Waals surface area contributed by atoms with Crippen LogP contribution in [0.4, 0.5) is 4.39 Å². The third-order valence-corrected chi connectivity index (χ3v) is 4.84. The highest BCUT2D eigenvalue weighted by Gasteiger charge is 2.44. The molecule has 1 saturated carbocycles. The van der Waals surface area contributed by atoms with Crippen LogP contribution in [-0.4, -0.2) is 16.4 Å². The molecular formula is C20H18FN3O2. The van der Waals surface area contributed by atoms with Crippen molar-refractivity contribution >= 4 is 22.7 Å². The second kappa shape index (κ2) is 6.29. The number of aryl methyl sites for hydroxylation is 1. The highest BCUT2D eigenvalue weighted by Crippen LogP contribution is 2.47. The number of halogens is 1. The van der Waals surface area contributed by atoms with Gasteiger partial charge < -0.3 is 4.57 Å². The Morgan fingerprint density at radius 2 is 1.92 bits per heavy atom. The number of carbonyl (C=O) groups excluding carboxylic acids is 2. The van der Waals surface area contributed by atoms with Crippen molar-refractivity contribution < 1.29 is 14.0 Å². The predicted molar refractivity (Wildman–Crippen MR) is 95.8 cm³/mol. The third kappa shape index (κ3) is 2.94. The van der Waals surface area contributed by atoms with Crippen LogP contribution in [0.2, 0.25) is 0 Å². The zero-order valence-corrected chi connectivity index (χ0v) is 14.2. The molecule has 0 saturated heterocycles. The minimum Gasteiger partial charge on any atom is -0.350 e. The molecule has 0 unspecified atom stereocenters. The first-order valence-corrected chi connectivity index (χ1v) is 8.44. The van der Waals surface area contributed by atoms with E-state index in [1.54, 1.807) is 12.3 Å². The SMILES string of the molecule is Cn1cc(C(=O)NNC(=O)[C@H]2C[C@@H]2c2cccc(F)c2)c2ccccc21. The second-order valence-corrected chi connectivity index (χ2v) is 6.62. The van der Waals surface area contributed by atoms with E-state index in [-0.39, 0.29) is 29.5 Å². The van der Waals surface area contributed by atoms with Gasteiger partial charge in [0.1, 0.15) is 5.82 Å². The Morgan fingerprint density at radius 1 is 1.12 bits per heavy atom. The van der Waals surface area contributed by atoms with Crippen LogP contribution < -0.4 is 10.9 Å². The van der Waals surface area contributed by atoms with E-state index in [4.69, 9.17) is 0 Å². The number of hydrogen-bond acceptors (Lipinski definition) is 2. The summed E-state index contributed by atoms with van der Waals surface area (Å²) in [4.78, 5) is 24.7. The number of hydrazine groups is 1. The molecule has 1 aliphatic carbocycles. The summed E-state index contributed by atoms with van der Waals surface area (Å²) in [5.41, 5.74) is 7.23. The van der Waals surface area contributed by atoms with Gasteiger partial charge in [0, 0.05) is 30.1 Å². The molecular weight excluding hydrogens is 333 g/mol. The molecule has 2 aromatic carbocycles. The fourth-order valence-corrected chi connectivity index (χ4v) is 3.39. The van der Waals surface area contributed by atoms with Crippen molar-refractivity contribution in [3.63, 3.8) is 0 Å². The maximum absolute atomic E-state index is 13.3. The van der Waals surface area contributed by atoms with E-state index in [9.17, 15) is 14.0 Å². The van der Waals surface area contributed by atoms with Crippen LogP contribution >= 0.6 is 0 Å². The topological polar surface area (TPSA) is 63.1 Å². The summed E-state index contributed by atoms with van der Waals surface area (Å²) in [6.07, 6.45) is 2.39. The van der Waals surface area contributed by atoms with Crippen molar-refractivity contribution in [1.82, 2.24) is 15.4 Å². The number of rotatable bonds is 3. The Bertz CT molecular complexity index is 1010. The van der Waals surface area contributed by atoms with Gasteiger partial charge in [-0.05, 0) is 36.1 Å². The second-order valence-electron chi connectivity index (χ2n) is 6.62. The Labute approximate surface area is 149 Å². The number of hydrogen-bond donors (Lipinski definition) is 2. The van der Waals surface area contributed by atoms with Crippen molar-refractivity contribution in [2.24, 2.45) is 13.0 Å². The largest absolute Gasteiger partial charge is 0.350 e. The number of aromatic nitrogens is 1. The van der Waals surface area contributed by atoms with Gasteiger partial charge in [-0.25, -0.2) is 4.39 Å². The summed E-state index contributed by atoms with van der Waals surface area (Å²) >= 11 is 0.